The van der Waals surface area contributed by atoms with E-state index < -0.39 is 0 Å². The Hall–Kier alpha value is -2.53. The molecule has 0 saturated carbocycles. The fourth-order valence-electron chi connectivity index (χ4n) is 5.05. The van der Waals surface area contributed by atoms with Crippen molar-refractivity contribution in [1.82, 2.24) is 4.90 Å². The van der Waals surface area contributed by atoms with Gasteiger partial charge in [0.2, 0.25) is 0 Å². The van der Waals surface area contributed by atoms with Crippen LogP contribution in [0.1, 0.15) is 68.6 Å². The second kappa shape index (κ2) is 12.3. The van der Waals surface area contributed by atoms with Crippen LogP contribution in [0.2, 0.25) is 0 Å². The van der Waals surface area contributed by atoms with E-state index >= 15 is 0 Å². The van der Waals surface area contributed by atoms with Crippen molar-refractivity contribution < 1.29 is 19.0 Å². The number of aryl methyl sites for hydroxylation is 2. The van der Waals surface area contributed by atoms with Gasteiger partial charge in [-0.3, -0.25) is 4.90 Å². The standard InChI is InChI=1S/C29H39NO4/c1-3-4-5-6-7-8-9-22-10-12-23(13-11-22)16-19-27-28-26(21-33-27)30(29(31)34-28)20-24-14-17-25(32-2)18-15-24/h10-15,17-18,26-28H,3-9,16,19-21H2,1-2H3/t26-,27-,28-/m0/s1. The summed E-state index contributed by atoms with van der Waals surface area (Å²) in [6.45, 7) is 3.33. The number of amides is 1. The number of hydrogen-bond donors (Lipinski definition) is 0. The number of methoxy groups -OCH3 is 1. The van der Waals surface area contributed by atoms with Crippen LogP contribution in [0.25, 0.3) is 0 Å². The molecule has 2 saturated heterocycles. The third-order valence-electron chi connectivity index (χ3n) is 7.17. The molecule has 2 aliphatic rings. The van der Waals surface area contributed by atoms with E-state index in [1.807, 2.05) is 29.2 Å². The van der Waals surface area contributed by atoms with E-state index in [1.165, 1.54) is 56.1 Å². The summed E-state index contributed by atoms with van der Waals surface area (Å²) >= 11 is 0. The molecule has 5 heteroatoms. The van der Waals surface area contributed by atoms with Crippen LogP contribution in [0.5, 0.6) is 5.75 Å². The Bertz CT molecular complexity index is 895. The van der Waals surface area contributed by atoms with E-state index in [9.17, 15) is 4.79 Å². The van der Waals surface area contributed by atoms with Crippen molar-refractivity contribution >= 4 is 6.09 Å². The molecule has 0 aromatic heterocycles. The predicted molar refractivity (Wildman–Crippen MR) is 134 cm³/mol. The molecule has 3 atom stereocenters. The zero-order chi connectivity index (χ0) is 23.8. The molecular weight excluding hydrogens is 426 g/mol. The van der Waals surface area contributed by atoms with Gasteiger partial charge in [-0.2, -0.15) is 0 Å². The second-order valence-electron chi connectivity index (χ2n) is 9.64. The average molecular weight is 466 g/mol. The largest absolute Gasteiger partial charge is 0.497 e. The highest BCUT2D eigenvalue weighted by molar-refractivity contribution is 5.71. The smallest absolute Gasteiger partial charge is 0.410 e. The van der Waals surface area contributed by atoms with Crippen molar-refractivity contribution in [3.8, 4) is 5.75 Å². The van der Waals surface area contributed by atoms with E-state index in [1.54, 1.807) is 7.11 Å². The number of nitrogens with zero attached hydrogens (tertiary/aromatic N) is 1. The van der Waals surface area contributed by atoms with Gasteiger partial charge in [-0.15, -0.1) is 0 Å². The molecule has 0 bridgehead atoms. The number of fused-ring (bicyclic) bond motifs is 1. The van der Waals surface area contributed by atoms with E-state index in [-0.39, 0.29) is 24.3 Å². The van der Waals surface area contributed by atoms with Gasteiger partial charge in [-0.1, -0.05) is 75.4 Å². The number of unbranched alkanes of at least 4 members (excludes halogenated alkanes) is 5. The molecule has 2 aliphatic heterocycles. The Morgan fingerprint density at radius 2 is 1.53 bits per heavy atom. The zero-order valence-corrected chi connectivity index (χ0v) is 20.7. The predicted octanol–water partition coefficient (Wildman–Crippen LogP) is 6.32. The first-order valence-corrected chi connectivity index (χ1v) is 13.0. The quantitative estimate of drug-likeness (QED) is 0.325. The molecule has 184 valence electrons. The van der Waals surface area contributed by atoms with Gasteiger partial charge in [0.05, 0.1) is 25.9 Å². The summed E-state index contributed by atoms with van der Waals surface area (Å²) in [5.74, 6) is 0.810. The first kappa shape index (κ1) is 24.6. The topological polar surface area (TPSA) is 48.0 Å². The third-order valence-corrected chi connectivity index (χ3v) is 7.17. The van der Waals surface area contributed by atoms with Crippen molar-refractivity contribution in [1.29, 1.82) is 0 Å². The van der Waals surface area contributed by atoms with Crippen LogP contribution in [-0.4, -0.2) is 43.0 Å². The monoisotopic (exact) mass is 465 g/mol. The Morgan fingerprint density at radius 1 is 0.882 bits per heavy atom. The van der Waals surface area contributed by atoms with Crippen molar-refractivity contribution in [2.45, 2.75) is 89.5 Å². The van der Waals surface area contributed by atoms with Gasteiger partial charge in [-0.05, 0) is 54.5 Å². The lowest BCUT2D eigenvalue weighted by Crippen LogP contribution is -2.36. The summed E-state index contributed by atoms with van der Waals surface area (Å²) in [4.78, 5) is 14.4. The minimum Gasteiger partial charge on any atom is -0.497 e. The van der Waals surface area contributed by atoms with Gasteiger partial charge in [0.1, 0.15) is 5.75 Å². The first-order chi connectivity index (χ1) is 16.7. The lowest BCUT2D eigenvalue weighted by molar-refractivity contribution is 0.0249. The number of hydrogen-bond acceptors (Lipinski definition) is 4. The summed E-state index contributed by atoms with van der Waals surface area (Å²) in [6, 6.07) is 16.8. The van der Waals surface area contributed by atoms with Crippen molar-refractivity contribution in [2.24, 2.45) is 0 Å². The maximum Gasteiger partial charge on any atom is 0.410 e. The Labute approximate surface area is 204 Å². The number of carbonyl (C=O) groups is 1. The second-order valence-corrected chi connectivity index (χ2v) is 9.64. The van der Waals surface area contributed by atoms with Gasteiger partial charge in [0.15, 0.2) is 6.10 Å². The van der Waals surface area contributed by atoms with E-state index in [4.69, 9.17) is 14.2 Å². The number of benzene rings is 2. The SMILES string of the molecule is CCCCCCCCc1ccc(CC[C@@H]2OC[C@H]3[C@@H]2OC(=O)N3Cc2ccc(OC)cc2)cc1. The van der Waals surface area contributed by atoms with Crippen LogP contribution < -0.4 is 4.74 Å². The van der Waals surface area contributed by atoms with Gasteiger partial charge >= 0.3 is 6.09 Å². The maximum absolute atomic E-state index is 12.6. The fraction of sp³-hybridized carbons (Fsp3) is 0.552. The first-order valence-electron chi connectivity index (χ1n) is 13.0. The molecule has 2 aromatic carbocycles. The maximum atomic E-state index is 12.6. The molecule has 0 unspecified atom stereocenters. The Balaban J connectivity index is 1.22. The van der Waals surface area contributed by atoms with Crippen molar-refractivity contribution in [3.63, 3.8) is 0 Å². The summed E-state index contributed by atoms with van der Waals surface area (Å²) in [7, 11) is 1.65. The van der Waals surface area contributed by atoms with E-state index in [2.05, 4.69) is 31.2 Å². The number of ether oxygens (including phenoxy) is 3. The van der Waals surface area contributed by atoms with Crippen molar-refractivity contribution in [3.05, 3.63) is 65.2 Å². The van der Waals surface area contributed by atoms with Gasteiger partial charge in [-0.25, -0.2) is 4.79 Å². The molecule has 0 N–H and O–H groups in total. The minimum absolute atomic E-state index is 0.0145. The summed E-state index contributed by atoms with van der Waals surface area (Å²) in [5.41, 5.74) is 3.80. The molecule has 0 radical (unpaired) electrons. The highest BCUT2D eigenvalue weighted by Gasteiger charge is 2.50. The molecule has 4 rings (SSSR count). The van der Waals surface area contributed by atoms with Crippen LogP contribution in [0, 0.1) is 0 Å². The summed E-state index contributed by atoms with van der Waals surface area (Å²) < 4.78 is 17.0. The fourth-order valence-corrected chi connectivity index (χ4v) is 5.05. The van der Waals surface area contributed by atoms with Crippen LogP contribution in [0.15, 0.2) is 48.5 Å². The van der Waals surface area contributed by atoms with Gasteiger partial charge in [0, 0.05) is 6.54 Å². The van der Waals surface area contributed by atoms with Gasteiger partial charge in [0.25, 0.3) is 0 Å². The minimum atomic E-state index is -0.238. The lowest BCUT2D eigenvalue weighted by atomic mass is 9.99. The highest BCUT2D eigenvalue weighted by atomic mass is 16.6. The molecule has 34 heavy (non-hydrogen) atoms. The molecule has 1 amide bonds. The molecule has 5 nitrogen and oxygen atoms in total. The van der Waals surface area contributed by atoms with Crippen LogP contribution >= 0.6 is 0 Å². The lowest BCUT2D eigenvalue weighted by Gasteiger charge is -2.19. The summed E-state index contributed by atoms with van der Waals surface area (Å²) in [5, 5.41) is 0. The van der Waals surface area contributed by atoms with E-state index in [0.29, 0.717) is 13.2 Å². The van der Waals surface area contributed by atoms with Crippen LogP contribution in [0.4, 0.5) is 4.79 Å². The Morgan fingerprint density at radius 3 is 2.24 bits per heavy atom. The Kier molecular flexibility index (Phi) is 8.86. The molecular formula is C29H39NO4. The number of rotatable bonds is 13. The molecule has 2 fully saturated rings. The van der Waals surface area contributed by atoms with E-state index in [0.717, 1.165) is 24.2 Å². The summed E-state index contributed by atoms with van der Waals surface area (Å²) in [6.07, 6.45) is 10.5. The molecule has 0 aliphatic carbocycles. The van der Waals surface area contributed by atoms with Crippen molar-refractivity contribution in [2.75, 3.05) is 13.7 Å². The normalized spacial score (nSPS) is 21.5. The third kappa shape index (κ3) is 6.32. The zero-order valence-electron chi connectivity index (χ0n) is 20.7. The van der Waals surface area contributed by atoms with Crippen LogP contribution in [0.3, 0.4) is 0 Å². The molecule has 2 aromatic rings. The molecule has 2 heterocycles. The van der Waals surface area contributed by atoms with Crippen LogP contribution in [-0.2, 0) is 28.9 Å². The average Bonchev–Trinajstić information content (AvgIpc) is 3.40. The number of carbonyl (C=O) groups excluding carboxylic acids is 1. The highest BCUT2D eigenvalue weighted by Crippen LogP contribution is 2.33. The van der Waals surface area contributed by atoms with Gasteiger partial charge < -0.3 is 14.2 Å². The molecule has 0 spiro atoms.